The lowest BCUT2D eigenvalue weighted by Crippen LogP contribution is -2.18. The molecule has 80 valence electrons. The van der Waals surface area contributed by atoms with Gasteiger partial charge >= 0.3 is 0 Å². The Labute approximate surface area is 91.5 Å². The second-order valence-corrected chi connectivity index (χ2v) is 5.48. The highest BCUT2D eigenvalue weighted by molar-refractivity contribution is 7.08. The Morgan fingerprint density at radius 2 is 2.00 bits per heavy atom. The van der Waals surface area contributed by atoms with E-state index in [0.29, 0.717) is 0 Å². The van der Waals surface area contributed by atoms with Crippen LogP contribution < -0.4 is 5.32 Å². The Hall–Kier alpha value is -0.340. The fourth-order valence-corrected chi connectivity index (χ4v) is 2.60. The lowest BCUT2D eigenvalue weighted by atomic mass is 9.86. The SMILES string of the molecule is CCCNCc1cscc1C(C)(C)C. The predicted octanol–water partition coefficient (Wildman–Crippen LogP) is 3.55. The van der Waals surface area contributed by atoms with E-state index in [4.69, 9.17) is 0 Å². The van der Waals surface area contributed by atoms with Crippen molar-refractivity contribution in [2.24, 2.45) is 0 Å². The van der Waals surface area contributed by atoms with Gasteiger partial charge in [0.15, 0.2) is 0 Å². The first-order chi connectivity index (χ1) is 6.55. The molecule has 0 atom stereocenters. The summed E-state index contributed by atoms with van der Waals surface area (Å²) in [6, 6.07) is 0. The smallest absolute Gasteiger partial charge is 0.0216 e. The Morgan fingerprint density at radius 3 is 2.57 bits per heavy atom. The highest BCUT2D eigenvalue weighted by Crippen LogP contribution is 2.28. The second kappa shape index (κ2) is 4.94. The molecule has 14 heavy (non-hydrogen) atoms. The van der Waals surface area contributed by atoms with Crippen molar-refractivity contribution < 1.29 is 0 Å². The Balaban J connectivity index is 2.63. The van der Waals surface area contributed by atoms with E-state index in [1.54, 1.807) is 0 Å². The van der Waals surface area contributed by atoms with Crippen LogP contribution in [0.2, 0.25) is 0 Å². The molecule has 1 rings (SSSR count). The first kappa shape index (κ1) is 11.7. The van der Waals surface area contributed by atoms with E-state index < -0.39 is 0 Å². The third-order valence-electron chi connectivity index (χ3n) is 2.29. The second-order valence-electron chi connectivity index (χ2n) is 4.74. The van der Waals surface area contributed by atoms with Gasteiger partial charge in [0.05, 0.1) is 0 Å². The molecule has 1 nitrogen and oxygen atoms in total. The van der Waals surface area contributed by atoms with Crippen molar-refractivity contribution in [3.05, 3.63) is 21.9 Å². The molecular formula is C12H21NS. The van der Waals surface area contributed by atoms with Gasteiger partial charge in [-0.05, 0) is 40.3 Å². The van der Waals surface area contributed by atoms with E-state index in [1.165, 1.54) is 17.5 Å². The van der Waals surface area contributed by atoms with Crippen molar-refractivity contribution in [1.29, 1.82) is 0 Å². The molecule has 0 amide bonds. The van der Waals surface area contributed by atoms with Crippen LogP contribution in [-0.2, 0) is 12.0 Å². The fourth-order valence-electron chi connectivity index (χ4n) is 1.52. The Bertz CT molecular complexity index is 270. The minimum atomic E-state index is 0.281. The third-order valence-corrected chi connectivity index (χ3v) is 3.08. The summed E-state index contributed by atoms with van der Waals surface area (Å²) >= 11 is 1.81. The topological polar surface area (TPSA) is 12.0 Å². The predicted molar refractivity (Wildman–Crippen MR) is 65.0 cm³/mol. The van der Waals surface area contributed by atoms with E-state index in [-0.39, 0.29) is 5.41 Å². The summed E-state index contributed by atoms with van der Waals surface area (Å²) in [4.78, 5) is 0. The monoisotopic (exact) mass is 211 g/mol. The van der Waals surface area contributed by atoms with Gasteiger partial charge in [-0.3, -0.25) is 0 Å². The Kier molecular flexibility index (Phi) is 4.14. The van der Waals surface area contributed by atoms with Crippen LogP contribution in [0.25, 0.3) is 0 Å². The first-order valence-electron chi connectivity index (χ1n) is 5.32. The van der Waals surface area contributed by atoms with Gasteiger partial charge in [0.25, 0.3) is 0 Å². The molecule has 0 unspecified atom stereocenters. The summed E-state index contributed by atoms with van der Waals surface area (Å²) < 4.78 is 0. The van der Waals surface area contributed by atoms with E-state index in [1.807, 2.05) is 11.3 Å². The lowest BCUT2D eigenvalue weighted by Gasteiger charge is -2.19. The van der Waals surface area contributed by atoms with Crippen LogP contribution in [0.15, 0.2) is 10.8 Å². The van der Waals surface area contributed by atoms with Crippen LogP contribution in [0.3, 0.4) is 0 Å². The number of hydrogen-bond donors (Lipinski definition) is 1. The third kappa shape index (κ3) is 3.10. The molecule has 0 spiro atoms. The van der Waals surface area contributed by atoms with Crippen LogP contribution in [0.1, 0.15) is 45.2 Å². The number of hydrogen-bond acceptors (Lipinski definition) is 2. The van der Waals surface area contributed by atoms with Gasteiger partial charge in [0.2, 0.25) is 0 Å². The largest absolute Gasteiger partial charge is 0.313 e. The minimum Gasteiger partial charge on any atom is -0.313 e. The molecule has 0 aliphatic carbocycles. The van der Waals surface area contributed by atoms with E-state index in [2.05, 4.69) is 43.8 Å². The molecule has 0 aliphatic rings. The minimum absolute atomic E-state index is 0.281. The van der Waals surface area contributed by atoms with Crippen molar-refractivity contribution in [3.8, 4) is 0 Å². The van der Waals surface area contributed by atoms with Crippen molar-refractivity contribution in [2.75, 3.05) is 6.54 Å². The van der Waals surface area contributed by atoms with Gasteiger partial charge < -0.3 is 5.32 Å². The summed E-state index contributed by atoms with van der Waals surface area (Å²) in [5.41, 5.74) is 3.24. The highest BCUT2D eigenvalue weighted by Gasteiger charge is 2.17. The molecule has 0 radical (unpaired) electrons. The quantitative estimate of drug-likeness (QED) is 0.751. The molecule has 1 aromatic heterocycles. The first-order valence-corrected chi connectivity index (χ1v) is 6.26. The molecule has 0 saturated heterocycles. The lowest BCUT2D eigenvalue weighted by molar-refractivity contribution is 0.576. The normalized spacial score (nSPS) is 12.0. The summed E-state index contributed by atoms with van der Waals surface area (Å²) in [5.74, 6) is 0. The summed E-state index contributed by atoms with van der Waals surface area (Å²) in [7, 11) is 0. The zero-order valence-corrected chi connectivity index (χ0v) is 10.5. The van der Waals surface area contributed by atoms with Gasteiger partial charge in [-0.1, -0.05) is 27.7 Å². The van der Waals surface area contributed by atoms with E-state index in [9.17, 15) is 0 Å². The average Bonchev–Trinajstić information content (AvgIpc) is 2.52. The number of thiophene rings is 1. The van der Waals surface area contributed by atoms with Crippen LogP contribution in [0.5, 0.6) is 0 Å². The zero-order chi connectivity index (χ0) is 10.6. The van der Waals surface area contributed by atoms with Crippen LogP contribution >= 0.6 is 11.3 Å². The maximum Gasteiger partial charge on any atom is 0.0216 e. The number of nitrogens with one attached hydrogen (secondary N) is 1. The molecule has 1 aromatic rings. The molecule has 0 aromatic carbocycles. The summed E-state index contributed by atoms with van der Waals surface area (Å²) in [5, 5.41) is 8.00. The van der Waals surface area contributed by atoms with Crippen molar-refractivity contribution in [2.45, 2.75) is 46.1 Å². The van der Waals surface area contributed by atoms with Gasteiger partial charge in [-0.15, -0.1) is 0 Å². The molecule has 0 saturated carbocycles. The molecule has 1 N–H and O–H groups in total. The molecular weight excluding hydrogens is 190 g/mol. The Morgan fingerprint density at radius 1 is 1.29 bits per heavy atom. The summed E-state index contributed by atoms with van der Waals surface area (Å²) in [6.07, 6.45) is 1.20. The van der Waals surface area contributed by atoms with Crippen LogP contribution in [-0.4, -0.2) is 6.54 Å². The molecule has 0 bridgehead atoms. The molecule has 1 heterocycles. The van der Waals surface area contributed by atoms with Gasteiger partial charge in [0.1, 0.15) is 0 Å². The van der Waals surface area contributed by atoms with Crippen LogP contribution in [0.4, 0.5) is 0 Å². The molecule has 2 heteroatoms. The maximum absolute atomic E-state index is 3.46. The van der Waals surface area contributed by atoms with Gasteiger partial charge in [0, 0.05) is 6.54 Å². The highest BCUT2D eigenvalue weighted by atomic mass is 32.1. The van der Waals surface area contributed by atoms with Gasteiger partial charge in [-0.2, -0.15) is 11.3 Å². The van der Waals surface area contributed by atoms with Crippen LogP contribution in [0, 0.1) is 0 Å². The molecule has 0 aliphatic heterocycles. The molecule has 0 fully saturated rings. The fraction of sp³-hybridized carbons (Fsp3) is 0.667. The average molecular weight is 211 g/mol. The zero-order valence-electron chi connectivity index (χ0n) is 9.68. The van der Waals surface area contributed by atoms with Gasteiger partial charge in [-0.25, -0.2) is 0 Å². The van der Waals surface area contributed by atoms with Crippen molar-refractivity contribution in [1.82, 2.24) is 5.32 Å². The van der Waals surface area contributed by atoms with E-state index in [0.717, 1.165) is 13.1 Å². The van der Waals surface area contributed by atoms with Crippen molar-refractivity contribution >= 4 is 11.3 Å². The summed E-state index contributed by atoms with van der Waals surface area (Å²) in [6.45, 7) is 11.2. The standard InChI is InChI=1S/C12H21NS/c1-5-6-13-7-10-8-14-9-11(10)12(2,3)4/h8-9,13H,5-7H2,1-4H3. The maximum atomic E-state index is 3.46. The van der Waals surface area contributed by atoms with Crippen molar-refractivity contribution in [3.63, 3.8) is 0 Å². The van der Waals surface area contributed by atoms with E-state index >= 15 is 0 Å². The number of rotatable bonds is 4.